The van der Waals surface area contributed by atoms with Gasteiger partial charge in [-0.15, -0.1) is 0 Å². The first-order valence-corrected chi connectivity index (χ1v) is 8.37. The fourth-order valence-electron chi connectivity index (χ4n) is 2.69. The molecule has 19 heavy (non-hydrogen) atoms. The number of hydrogen-bond acceptors (Lipinski definition) is 4. The van der Waals surface area contributed by atoms with Crippen LogP contribution in [0.15, 0.2) is 0 Å². The van der Waals surface area contributed by atoms with Crippen LogP contribution in [-0.2, 0) is 19.7 Å². The SMILES string of the molecule is CCOC(=O)[C@H]1CCCN(S(=O)(=O)N2CCCC2)C1. The Morgan fingerprint density at radius 3 is 2.42 bits per heavy atom. The van der Waals surface area contributed by atoms with Gasteiger partial charge in [0.2, 0.25) is 0 Å². The molecule has 0 saturated carbocycles. The smallest absolute Gasteiger partial charge is 0.310 e. The van der Waals surface area contributed by atoms with E-state index < -0.39 is 10.2 Å². The molecular formula is C12H22N2O4S. The molecule has 2 heterocycles. The van der Waals surface area contributed by atoms with Crippen molar-refractivity contribution in [2.75, 3.05) is 32.8 Å². The number of ether oxygens (including phenoxy) is 1. The van der Waals surface area contributed by atoms with Gasteiger partial charge in [0, 0.05) is 26.2 Å². The Balaban J connectivity index is 2.02. The number of carbonyl (C=O) groups is 1. The van der Waals surface area contributed by atoms with Gasteiger partial charge in [-0.3, -0.25) is 4.79 Å². The molecule has 1 atom stereocenters. The molecule has 0 aliphatic carbocycles. The number of piperidine rings is 1. The fourth-order valence-corrected chi connectivity index (χ4v) is 4.46. The van der Waals surface area contributed by atoms with E-state index in [1.807, 2.05) is 0 Å². The summed E-state index contributed by atoms with van der Waals surface area (Å²) in [5, 5.41) is 0. The monoisotopic (exact) mass is 290 g/mol. The Morgan fingerprint density at radius 2 is 1.79 bits per heavy atom. The van der Waals surface area contributed by atoms with Crippen molar-refractivity contribution in [3.05, 3.63) is 0 Å². The van der Waals surface area contributed by atoms with Crippen LogP contribution in [0.25, 0.3) is 0 Å². The average Bonchev–Trinajstić information content (AvgIpc) is 2.94. The second kappa shape index (κ2) is 6.19. The number of rotatable bonds is 4. The normalized spacial score (nSPS) is 26.5. The van der Waals surface area contributed by atoms with E-state index in [-0.39, 0.29) is 18.4 Å². The first-order chi connectivity index (χ1) is 9.05. The van der Waals surface area contributed by atoms with Crippen LogP contribution in [0.5, 0.6) is 0 Å². The summed E-state index contributed by atoms with van der Waals surface area (Å²) in [7, 11) is -3.38. The molecule has 2 rings (SSSR count). The van der Waals surface area contributed by atoms with Crippen LogP contribution in [-0.4, -0.2) is 55.8 Å². The van der Waals surface area contributed by atoms with Crippen LogP contribution < -0.4 is 0 Å². The number of carbonyl (C=O) groups excluding carboxylic acids is 1. The molecule has 2 fully saturated rings. The third-order valence-electron chi connectivity index (χ3n) is 3.72. The molecule has 110 valence electrons. The lowest BCUT2D eigenvalue weighted by Gasteiger charge is -2.33. The maximum atomic E-state index is 12.4. The van der Waals surface area contributed by atoms with Gasteiger partial charge in [-0.2, -0.15) is 17.0 Å². The van der Waals surface area contributed by atoms with E-state index in [9.17, 15) is 13.2 Å². The Hall–Kier alpha value is -0.660. The van der Waals surface area contributed by atoms with Gasteiger partial charge < -0.3 is 4.74 Å². The zero-order valence-electron chi connectivity index (χ0n) is 11.4. The minimum Gasteiger partial charge on any atom is -0.466 e. The summed E-state index contributed by atoms with van der Waals surface area (Å²) in [6.07, 6.45) is 3.28. The molecule has 2 aliphatic rings. The largest absolute Gasteiger partial charge is 0.466 e. The molecule has 0 N–H and O–H groups in total. The maximum Gasteiger partial charge on any atom is 0.310 e. The van der Waals surface area contributed by atoms with Crippen molar-refractivity contribution in [2.45, 2.75) is 32.6 Å². The summed E-state index contributed by atoms with van der Waals surface area (Å²) in [6.45, 7) is 4.08. The molecule has 0 aromatic carbocycles. The molecule has 0 amide bonds. The molecule has 0 unspecified atom stereocenters. The van der Waals surface area contributed by atoms with Crippen molar-refractivity contribution in [1.82, 2.24) is 8.61 Å². The standard InChI is InChI=1S/C12H22N2O4S/c1-2-18-12(15)11-6-5-9-14(10-11)19(16,17)13-7-3-4-8-13/h11H,2-10H2,1H3/t11-/m0/s1. The minimum absolute atomic E-state index is 0.262. The van der Waals surface area contributed by atoms with Crippen LogP contribution >= 0.6 is 0 Å². The summed E-state index contributed by atoms with van der Waals surface area (Å²) in [5.41, 5.74) is 0. The topological polar surface area (TPSA) is 66.9 Å². The molecule has 0 aromatic heterocycles. The molecule has 0 bridgehead atoms. The van der Waals surface area contributed by atoms with E-state index in [0.29, 0.717) is 32.7 Å². The molecule has 2 saturated heterocycles. The molecule has 0 spiro atoms. The van der Waals surface area contributed by atoms with E-state index in [1.54, 1.807) is 6.92 Å². The van der Waals surface area contributed by atoms with Crippen molar-refractivity contribution >= 4 is 16.2 Å². The van der Waals surface area contributed by atoms with Crippen molar-refractivity contribution in [1.29, 1.82) is 0 Å². The highest BCUT2D eigenvalue weighted by Gasteiger charge is 2.37. The third kappa shape index (κ3) is 3.27. The Morgan fingerprint density at radius 1 is 1.16 bits per heavy atom. The predicted octanol–water partition coefficient (Wildman–Crippen LogP) is 0.602. The maximum absolute atomic E-state index is 12.4. The van der Waals surface area contributed by atoms with Crippen LogP contribution in [0.2, 0.25) is 0 Å². The first-order valence-electron chi connectivity index (χ1n) is 6.97. The van der Waals surface area contributed by atoms with E-state index in [1.165, 1.54) is 8.61 Å². The fraction of sp³-hybridized carbons (Fsp3) is 0.917. The summed E-state index contributed by atoms with van der Waals surface area (Å²) < 4.78 is 32.8. The van der Waals surface area contributed by atoms with Gasteiger partial charge in [0.15, 0.2) is 0 Å². The lowest BCUT2D eigenvalue weighted by molar-refractivity contribution is -0.149. The van der Waals surface area contributed by atoms with E-state index in [0.717, 1.165) is 19.3 Å². The van der Waals surface area contributed by atoms with Crippen molar-refractivity contribution in [2.24, 2.45) is 5.92 Å². The summed E-state index contributed by atoms with van der Waals surface area (Å²) in [4.78, 5) is 11.7. The highest BCUT2D eigenvalue weighted by Crippen LogP contribution is 2.24. The van der Waals surface area contributed by atoms with E-state index in [2.05, 4.69) is 0 Å². The zero-order valence-corrected chi connectivity index (χ0v) is 12.2. The molecule has 7 heteroatoms. The summed E-state index contributed by atoms with van der Waals surface area (Å²) in [5.74, 6) is -0.588. The number of nitrogens with zero attached hydrogens (tertiary/aromatic N) is 2. The van der Waals surface area contributed by atoms with Crippen molar-refractivity contribution in [3.63, 3.8) is 0 Å². The van der Waals surface area contributed by atoms with Gasteiger partial charge in [0.25, 0.3) is 10.2 Å². The first kappa shape index (κ1) is 14.7. The van der Waals surface area contributed by atoms with Crippen molar-refractivity contribution < 1.29 is 17.9 Å². The predicted molar refractivity (Wildman–Crippen MR) is 70.7 cm³/mol. The quantitative estimate of drug-likeness (QED) is 0.711. The van der Waals surface area contributed by atoms with Crippen LogP contribution in [0.1, 0.15) is 32.6 Å². The van der Waals surface area contributed by atoms with Crippen LogP contribution in [0, 0.1) is 5.92 Å². The molecule has 2 aliphatic heterocycles. The lowest BCUT2D eigenvalue weighted by Crippen LogP contribution is -2.48. The van der Waals surface area contributed by atoms with Gasteiger partial charge in [-0.05, 0) is 32.6 Å². The minimum atomic E-state index is -3.38. The molecule has 0 aromatic rings. The third-order valence-corrected chi connectivity index (χ3v) is 5.72. The number of esters is 1. The van der Waals surface area contributed by atoms with Gasteiger partial charge in [-0.1, -0.05) is 0 Å². The average molecular weight is 290 g/mol. The van der Waals surface area contributed by atoms with Gasteiger partial charge >= 0.3 is 5.97 Å². The van der Waals surface area contributed by atoms with Gasteiger partial charge in [-0.25, -0.2) is 0 Å². The lowest BCUT2D eigenvalue weighted by atomic mass is 10.0. The van der Waals surface area contributed by atoms with Crippen molar-refractivity contribution in [3.8, 4) is 0 Å². The molecular weight excluding hydrogens is 268 g/mol. The second-order valence-electron chi connectivity index (χ2n) is 5.06. The van der Waals surface area contributed by atoms with E-state index >= 15 is 0 Å². The van der Waals surface area contributed by atoms with Gasteiger partial charge in [0.05, 0.1) is 12.5 Å². The zero-order chi connectivity index (χ0) is 13.9. The highest BCUT2D eigenvalue weighted by atomic mass is 32.2. The van der Waals surface area contributed by atoms with E-state index in [4.69, 9.17) is 4.74 Å². The molecule has 6 nitrogen and oxygen atoms in total. The number of hydrogen-bond donors (Lipinski definition) is 0. The Kier molecular flexibility index (Phi) is 4.81. The molecule has 0 radical (unpaired) electrons. The summed E-state index contributed by atoms with van der Waals surface area (Å²) >= 11 is 0. The summed E-state index contributed by atoms with van der Waals surface area (Å²) in [6, 6.07) is 0. The van der Waals surface area contributed by atoms with Gasteiger partial charge in [0.1, 0.15) is 0 Å². The van der Waals surface area contributed by atoms with Crippen LogP contribution in [0.3, 0.4) is 0 Å². The highest BCUT2D eigenvalue weighted by molar-refractivity contribution is 7.86. The Bertz CT molecular complexity index is 417. The van der Waals surface area contributed by atoms with Crippen LogP contribution in [0.4, 0.5) is 0 Å². The second-order valence-corrected chi connectivity index (χ2v) is 6.99. The Labute approximate surface area is 114 Å².